The quantitative estimate of drug-likeness (QED) is 0.437. The lowest BCUT2D eigenvalue weighted by molar-refractivity contribution is -0.120. The van der Waals surface area contributed by atoms with Gasteiger partial charge in [0, 0.05) is 45.7 Å². The van der Waals surface area contributed by atoms with Crippen LogP contribution in [0.5, 0.6) is 11.5 Å². The summed E-state index contributed by atoms with van der Waals surface area (Å²) in [5, 5.41) is 3.80. The molecular formula is C24H30N4O5S2. The number of carbonyl (C=O) groups excluding carboxylic acids is 1. The van der Waals surface area contributed by atoms with Crippen LogP contribution in [0.1, 0.15) is 6.42 Å². The second-order valence-electron chi connectivity index (χ2n) is 8.20. The molecule has 0 atom stereocenters. The number of thiazole rings is 1. The van der Waals surface area contributed by atoms with Crippen molar-refractivity contribution in [1.82, 2.24) is 15.2 Å². The molecule has 1 aromatic heterocycles. The summed E-state index contributed by atoms with van der Waals surface area (Å²) in [5.74, 6) is 0.877. The molecule has 0 unspecified atom stereocenters. The number of nitrogens with one attached hydrogen (secondary N) is 1. The molecule has 1 fully saturated rings. The summed E-state index contributed by atoms with van der Waals surface area (Å²) in [5.41, 5.74) is 0.811. The highest BCUT2D eigenvalue weighted by atomic mass is 32.2. The Morgan fingerprint density at radius 2 is 1.80 bits per heavy atom. The van der Waals surface area contributed by atoms with Crippen LogP contribution >= 0.6 is 11.3 Å². The van der Waals surface area contributed by atoms with Gasteiger partial charge in [-0.2, -0.15) is 0 Å². The van der Waals surface area contributed by atoms with E-state index in [0.29, 0.717) is 18.0 Å². The zero-order valence-corrected chi connectivity index (χ0v) is 21.5. The molecule has 4 rings (SSSR count). The minimum atomic E-state index is -3.45. The maximum atomic E-state index is 12.3. The first-order valence-corrected chi connectivity index (χ1v) is 13.9. The third-order valence-corrected chi connectivity index (χ3v) is 8.80. The van der Waals surface area contributed by atoms with Crippen LogP contribution in [0.25, 0.3) is 10.2 Å². The number of hydrogen-bond acceptors (Lipinski definition) is 9. The molecule has 3 aromatic rings. The number of ether oxygens (including phenoxy) is 2. The highest BCUT2D eigenvalue weighted by Gasteiger charge is 2.22. The second kappa shape index (κ2) is 11.2. The number of carbonyl (C=O) groups is 1. The van der Waals surface area contributed by atoms with Gasteiger partial charge in [0.15, 0.2) is 26.5 Å². The van der Waals surface area contributed by atoms with E-state index in [1.54, 1.807) is 55.9 Å². The molecule has 11 heteroatoms. The first-order valence-electron chi connectivity index (χ1n) is 11.4. The summed E-state index contributed by atoms with van der Waals surface area (Å²) in [7, 11) is -0.211. The Morgan fingerprint density at radius 3 is 2.49 bits per heavy atom. The average molecular weight is 519 g/mol. The zero-order chi connectivity index (χ0) is 24.8. The lowest BCUT2D eigenvalue weighted by atomic mass is 10.3. The van der Waals surface area contributed by atoms with E-state index in [-0.39, 0.29) is 23.0 Å². The first kappa shape index (κ1) is 25.2. The smallest absolute Gasteiger partial charge is 0.221 e. The van der Waals surface area contributed by atoms with Gasteiger partial charge in [-0.05, 0) is 24.3 Å². The number of amides is 1. The van der Waals surface area contributed by atoms with E-state index in [4.69, 9.17) is 14.5 Å². The molecule has 188 valence electrons. The van der Waals surface area contributed by atoms with Crippen LogP contribution in [0, 0.1) is 0 Å². The molecule has 1 amide bonds. The van der Waals surface area contributed by atoms with Crippen molar-refractivity contribution in [3.63, 3.8) is 0 Å². The van der Waals surface area contributed by atoms with Crippen molar-refractivity contribution >= 4 is 42.4 Å². The number of nitrogens with zero attached hydrogens (tertiary/aromatic N) is 3. The Kier molecular flexibility index (Phi) is 8.09. The third kappa shape index (κ3) is 6.03. The second-order valence-corrected chi connectivity index (χ2v) is 11.3. The summed E-state index contributed by atoms with van der Waals surface area (Å²) < 4.78 is 36.6. The fourth-order valence-electron chi connectivity index (χ4n) is 4.01. The van der Waals surface area contributed by atoms with E-state index in [9.17, 15) is 13.2 Å². The van der Waals surface area contributed by atoms with E-state index in [1.165, 1.54) is 0 Å². The van der Waals surface area contributed by atoms with Crippen molar-refractivity contribution < 1.29 is 22.7 Å². The molecule has 2 heterocycles. The van der Waals surface area contributed by atoms with Gasteiger partial charge >= 0.3 is 0 Å². The predicted octanol–water partition coefficient (Wildman–Crippen LogP) is 2.42. The van der Waals surface area contributed by atoms with Gasteiger partial charge in [0.05, 0.1) is 29.6 Å². The van der Waals surface area contributed by atoms with Gasteiger partial charge < -0.3 is 19.7 Å². The molecular weight excluding hydrogens is 488 g/mol. The molecule has 0 bridgehead atoms. The SMILES string of the molecule is COc1ccc2sc(N3CCN(CCNC(=O)CCS(=O)(=O)c4ccccc4)CC3)nc2c1OC. The molecule has 1 aliphatic rings. The van der Waals surface area contributed by atoms with Gasteiger partial charge in [0.25, 0.3) is 0 Å². The predicted molar refractivity (Wildman–Crippen MR) is 137 cm³/mol. The number of fused-ring (bicyclic) bond motifs is 1. The molecule has 0 radical (unpaired) electrons. The molecule has 1 saturated heterocycles. The lowest BCUT2D eigenvalue weighted by Gasteiger charge is -2.34. The van der Waals surface area contributed by atoms with Crippen molar-refractivity contribution in [3.05, 3.63) is 42.5 Å². The molecule has 9 nitrogen and oxygen atoms in total. The van der Waals surface area contributed by atoms with Gasteiger partial charge in [0.2, 0.25) is 5.91 Å². The van der Waals surface area contributed by atoms with Gasteiger partial charge in [-0.25, -0.2) is 13.4 Å². The van der Waals surface area contributed by atoms with E-state index in [1.807, 2.05) is 12.1 Å². The van der Waals surface area contributed by atoms with Gasteiger partial charge in [0.1, 0.15) is 5.52 Å². The maximum absolute atomic E-state index is 12.3. The number of aromatic nitrogens is 1. The Balaban J connectivity index is 1.22. The van der Waals surface area contributed by atoms with E-state index < -0.39 is 9.84 Å². The van der Waals surface area contributed by atoms with Crippen molar-refractivity contribution in [1.29, 1.82) is 0 Å². The largest absolute Gasteiger partial charge is 0.493 e. The molecule has 35 heavy (non-hydrogen) atoms. The van der Waals surface area contributed by atoms with Crippen LogP contribution in [0.4, 0.5) is 5.13 Å². The summed E-state index contributed by atoms with van der Waals surface area (Å²) in [4.78, 5) is 21.8. The van der Waals surface area contributed by atoms with Crippen LogP contribution < -0.4 is 19.7 Å². The summed E-state index contributed by atoms with van der Waals surface area (Å²) in [6.07, 6.45) is -0.0448. The number of sulfone groups is 1. The maximum Gasteiger partial charge on any atom is 0.221 e. The highest BCUT2D eigenvalue weighted by molar-refractivity contribution is 7.91. The number of piperazine rings is 1. The minimum Gasteiger partial charge on any atom is -0.493 e. The molecule has 0 saturated carbocycles. The van der Waals surface area contributed by atoms with E-state index in [0.717, 1.165) is 48.1 Å². The highest BCUT2D eigenvalue weighted by Crippen LogP contribution is 2.40. The van der Waals surface area contributed by atoms with Gasteiger partial charge in [-0.3, -0.25) is 9.69 Å². The molecule has 0 aliphatic carbocycles. The van der Waals surface area contributed by atoms with Crippen LogP contribution in [-0.4, -0.2) is 83.4 Å². The van der Waals surface area contributed by atoms with Crippen molar-refractivity contribution in [3.8, 4) is 11.5 Å². The minimum absolute atomic E-state index is 0.0448. The van der Waals surface area contributed by atoms with Crippen molar-refractivity contribution in [2.75, 3.05) is 64.1 Å². The van der Waals surface area contributed by atoms with Crippen LogP contribution in [0.2, 0.25) is 0 Å². The zero-order valence-electron chi connectivity index (χ0n) is 19.9. The standard InChI is InChI=1S/C24H30N4O5S2/c1-32-19-8-9-20-22(23(19)33-2)26-24(34-20)28-15-13-27(14-16-28)12-11-25-21(29)10-17-35(30,31)18-6-4-3-5-7-18/h3-9H,10-17H2,1-2H3,(H,25,29). The Morgan fingerprint density at radius 1 is 1.06 bits per heavy atom. The summed E-state index contributed by atoms with van der Waals surface area (Å²) >= 11 is 1.64. The first-order chi connectivity index (χ1) is 16.9. The fourth-order valence-corrected chi connectivity index (χ4v) is 6.29. The van der Waals surface area contributed by atoms with E-state index in [2.05, 4.69) is 15.1 Å². The normalized spacial score (nSPS) is 14.7. The average Bonchev–Trinajstić information content (AvgIpc) is 3.32. The Bertz CT molecular complexity index is 1260. The van der Waals surface area contributed by atoms with Crippen LogP contribution in [0.3, 0.4) is 0 Å². The summed E-state index contributed by atoms with van der Waals surface area (Å²) in [6, 6.07) is 12.1. The molecule has 1 aliphatic heterocycles. The summed E-state index contributed by atoms with van der Waals surface area (Å²) in [6.45, 7) is 4.59. The van der Waals surface area contributed by atoms with Gasteiger partial charge in [-0.15, -0.1) is 0 Å². The molecule has 2 aromatic carbocycles. The Hall–Kier alpha value is -2.89. The fraction of sp³-hybridized carbons (Fsp3) is 0.417. The molecule has 0 spiro atoms. The Labute approximate surface area is 209 Å². The molecule has 1 N–H and O–H groups in total. The van der Waals surface area contributed by atoms with Gasteiger partial charge in [-0.1, -0.05) is 29.5 Å². The lowest BCUT2D eigenvalue weighted by Crippen LogP contribution is -2.48. The van der Waals surface area contributed by atoms with Crippen LogP contribution in [-0.2, 0) is 14.6 Å². The monoisotopic (exact) mass is 518 g/mol. The number of rotatable bonds is 10. The van der Waals surface area contributed by atoms with Crippen molar-refractivity contribution in [2.24, 2.45) is 0 Å². The number of methoxy groups -OCH3 is 2. The number of hydrogen-bond donors (Lipinski definition) is 1. The third-order valence-electron chi connectivity index (χ3n) is 5.98. The topological polar surface area (TPSA) is 101 Å². The number of benzene rings is 2. The number of anilines is 1. The van der Waals surface area contributed by atoms with Crippen LogP contribution in [0.15, 0.2) is 47.4 Å². The van der Waals surface area contributed by atoms with E-state index >= 15 is 0 Å². The van der Waals surface area contributed by atoms with Crippen molar-refractivity contribution in [2.45, 2.75) is 11.3 Å².